The molecule has 1 aromatic carbocycles. The van der Waals surface area contributed by atoms with Gasteiger partial charge in [0.25, 0.3) is 0 Å². The number of aliphatic hydroxyl groups excluding tert-OH is 1. The minimum Gasteiger partial charge on any atom is -0.512 e. The number of allylic oxidation sites excluding steroid dienone is 2. The van der Waals surface area contributed by atoms with E-state index in [0.29, 0.717) is 17.4 Å². The van der Waals surface area contributed by atoms with Crippen molar-refractivity contribution in [1.29, 1.82) is 0 Å². The van der Waals surface area contributed by atoms with Gasteiger partial charge in [0.05, 0.1) is 5.76 Å². The third kappa shape index (κ3) is 2.06. The van der Waals surface area contributed by atoms with Crippen LogP contribution in [0.2, 0.25) is 0 Å². The van der Waals surface area contributed by atoms with Crippen LogP contribution >= 0.6 is 0 Å². The van der Waals surface area contributed by atoms with E-state index in [0.717, 1.165) is 24.0 Å². The highest BCUT2D eigenvalue weighted by atomic mass is 16.3. The van der Waals surface area contributed by atoms with E-state index in [9.17, 15) is 10.2 Å². The fourth-order valence-corrected chi connectivity index (χ4v) is 2.33. The van der Waals surface area contributed by atoms with Gasteiger partial charge in [0, 0.05) is 11.5 Å². The van der Waals surface area contributed by atoms with E-state index >= 15 is 0 Å². The van der Waals surface area contributed by atoms with Crippen molar-refractivity contribution in [2.24, 2.45) is 5.92 Å². The Labute approximate surface area is 96.2 Å². The van der Waals surface area contributed by atoms with Gasteiger partial charge in [0.15, 0.2) is 0 Å². The number of hydrogen-bond acceptors (Lipinski definition) is 2. The minimum absolute atomic E-state index is 0.0307. The SMILES string of the molecule is Cc1ccc(C2CCC(C)C=C2O)c(O)c1. The van der Waals surface area contributed by atoms with Gasteiger partial charge in [0.2, 0.25) is 0 Å². The second-order valence-electron chi connectivity index (χ2n) is 4.76. The highest BCUT2D eigenvalue weighted by molar-refractivity contribution is 5.41. The summed E-state index contributed by atoms with van der Waals surface area (Å²) in [5.41, 5.74) is 1.88. The van der Waals surface area contributed by atoms with Crippen molar-refractivity contribution >= 4 is 0 Å². The molecule has 0 radical (unpaired) electrons. The number of aryl methyl sites for hydroxylation is 1. The molecule has 0 amide bonds. The van der Waals surface area contributed by atoms with E-state index in [2.05, 4.69) is 6.92 Å². The Balaban J connectivity index is 2.34. The zero-order chi connectivity index (χ0) is 11.7. The molecule has 1 aliphatic rings. The Hall–Kier alpha value is -1.44. The van der Waals surface area contributed by atoms with Gasteiger partial charge in [-0.15, -0.1) is 0 Å². The van der Waals surface area contributed by atoms with Crippen molar-refractivity contribution in [1.82, 2.24) is 0 Å². The molecule has 0 spiro atoms. The van der Waals surface area contributed by atoms with Crippen molar-refractivity contribution in [3.63, 3.8) is 0 Å². The number of benzene rings is 1. The van der Waals surface area contributed by atoms with Gasteiger partial charge in [-0.3, -0.25) is 0 Å². The van der Waals surface area contributed by atoms with Crippen LogP contribution in [-0.4, -0.2) is 10.2 Å². The summed E-state index contributed by atoms with van der Waals surface area (Å²) in [6.07, 6.45) is 3.86. The Morgan fingerprint density at radius 2 is 1.94 bits per heavy atom. The largest absolute Gasteiger partial charge is 0.512 e. The van der Waals surface area contributed by atoms with Gasteiger partial charge >= 0.3 is 0 Å². The first-order valence-corrected chi connectivity index (χ1v) is 5.78. The van der Waals surface area contributed by atoms with Gasteiger partial charge < -0.3 is 10.2 Å². The van der Waals surface area contributed by atoms with Crippen LogP contribution in [0.15, 0.2) is 30.0 Å². The van der Waals surface area contributed by atoms with E-state index < -0.39 is 0 Å². The van der Waals surface area contributed by atoms with E-state index in [-0.39, 0.29) is 5.92 Å². The molecule has 0 aromatic heterocycles. The molecule has 1 aromatic rings. The number of phenols is 1. The standard InChI is InChI=1S/C14H18O2/c1-9-3-5-11(13(15)7-9)12-6-4-10(2)8-14(12)16/h3,5,7-8,10,12,15-16H,4,6H2,1-2H3. The second kappa shape index (κ2) is 4.20. The Morgan fingerprint density at radius 1 is 1.19 bits per heavy atom. The molecular formula is C14H18O2. The molecule has 0 heterocycles. The smallest absolute Gasteiger partial charge is 0.119 e. The molecule has 0 saturated heterocycles. The predicted molar refractivity (Wildman–Crippen MR) is 64.7 cm³/mol. The third-order valence-electron chi connectivity index (χ3n) is 3.28. The molecule has 2 unspecified atom stereocenters. The summed E-state index contributed by atoms with van der Waals surface area (Å²) >= 11 is 0. The molecule has 2 heteroatoms. The van der Waals surface area contributed by atoms with Crippen LogP contribution in [0.4, 0.5) is 0 Å². The van der Waals surface area contributed by atoms with E-state index in [1.54, 1.807) is 6.07 Å². The van der Waals surface area contributed by atoms with Crippen LogP contribution < -0.4 is 0 Å². The first-order chi connectivity index (χ1) is 7.58. The van der Waals surface area contributed by atoms with Gasteiger partial charge in [0.1, 0.15) is 5.75 Å². The molecular weight excluding hydrogens is 200 g/mol. The van der Waals surface area contributed by atoms with Crippen molar-refractivity contribution in [2.75, 3.05) is 0 Å². The lowest BCUT2D eigenvalue weighted by molar-refractivity contribution is 0.321. The lowest BCUT2D eigenvalue weighted by atomic mass is 9.83. The zero-order valence-electron chi connectivity index (χ0n) is 9.77. The summed E-state index contributed by atoms with van der Waals surface area (Å²) in [5, 5.41) is 19.8. The molecule has 0 fully saturated rings. The van der Waals surface area contributed by atoms with E-state index in [4.69, 9.17) is 0 Å². The number of rotatable bonds is 1. The molecule has 0 bridgehead atoms. The number of aliphatic hydroxyl groups is 1. The first kappa shape index (κ1) is 11.1. The molecule has 2 nitrogen and oxygen atoms in total. The minimum atomic E-state index is -0.0307. The molecule has 2 rings (SSSR count). The Kier molecular flexibility index (Phi) is 2.90. The van der Waals surface area contributed by atoms with Gasteiger partial charge in [-0.05, 0) is 43.4 Å². The first-order valence-electron chi connectivity index (χ1n) is 5.78. The fraction of sp³-hybridized carbons (Fsp3) is 0.429. The lowest BCUT2D eigenvalue weighted by Gasteiger charge is -2.24. The zero-order valence-corrected chi connectivity index (χ0v) is 9.77. The molecule has 2 atom stereocenters. The summed E-state index contributed by atoms with van der Waals surface area (Å²) in [5.74, 6) is 1.10. The number of aromatic hydroxyl groups is 1. The van der Waals surface area contributed by atoms with E-state index in [1.165, 1.54) is 0 Å². The maximum Gasteiger partial charge on any atom is 0.119 e. The maximum absolute atomic E-state index is 9.94. The lowest BCUT2D eigenvalue weighted by Crippen LogP contribution is -2.11. The summed E-state index contributed by atoms with van der Waals surface area (Å²) in [7, 11) is 0. The topological polar surface area (TPSA) is 40.5 Å². The van der Waals surface area contributed by atoms with Gasteiger partial charge in [-0.25, -0.2) is 0 Å². The van der Waals surface area contributed by atoms with Gasteiger partial charge in [-0.1, -0.05) is 19.1 Å². The molecule has 2 N–H and O–H groups in total. The van der Waals surface area contributed by atoms with Crippen LogP contribution in [0.3, 0.4) is 0 Å². The molecule has 1 aliphatic carbocycles. The van der Waals surface area contributed by atoms with Crippen LogP contribution in [0, 0.1) is 12.8 Å². The van der Waals surface area contributed by atoms with Crippen LogP contribution in [0.1, 0.15) is 36.8 Å². The van der Waals surface area contributed by atoms with E-state index in [1.807, 2.05) is 25.1 Å². The molecule has 86 valence electrons. The normalized spacial score (nSPS) is 25.2. The summed E-state index contributed by atoms with van der Waals surface area (Å²) in [6, 6.07) is 5.64. The summed E-state index contributed by atoms with van der Waals surface area (Å²) < 4.78 is 0. The fourth-order valence-electron chi connectivity index (χ4n) is 2.33. The van der Waals surface area contributed by atoms with Crippen molar-refractivity contribution in [2.45, 2.75) is 32.6 Å². The Morgan fingerprint density at radius 3 is 2.56 bits per heavy atom. The highest BCUT2D eigenvalue weighted by Gasteiger charge is 2.24. The van der Waals surface area contributed by atoms with Crippen molar-refractivity contribution < 1.29 is 10.2 Å². The molecule has 0 aliphatic heterocycles. The van der Waals surface area contributed by atoms with Crippen molar-refractivity contribution in [3.8, 4) is 5.75 Å². The quantitative estimate of drug-likeness (QED) is 0.755. The number of hydrogen-bond donors (Lipinski definition) is 2. The maximum atomic E-state index is 9.94. The summed E-state index contributed by atoms with van der Waals surface area (Å²) in [6.45, 7) is 4.05. The van der Waals surface area contributed by atoms with Crippen molar-refractivity contribution in [3.05, 3.63) is 41.2 Å². The van der Waals surface area contributed by atoms with Crippen LogP contribution in [-0.2, 0) is 0 Å². The molecule has 0 saturated carbocycles. The summed E-state index contributed by atoms with van der Waals surface area (Å²) in [4.78, 5) is 0. The Bertz CT molecular complexity index is 421. The average Bonchev–Trinajstić information content (AvgIpc) is 2.19. The highest BCUT2D eigenvalue weighted by Crippen LogP contribution is 2.38. The monoisotopic (exact) mass is 218 g/mol. The van der Waals surface area contributed by atoms with Gasteiger partial charge in [-0.2, -0.15) is 0 Å². The second-order valence-corrected chi connectivity index (χ2v) is 4.76. The average molecular weight is 218 g/mol. The predicted octanol–water partition coefficient (Wildman–Crippen LogP) is 3.66. The third-order valence-corrected chi connectivity index (χ3v) is 3.28. The molecule has 16 heavy (non-hydrogen) atoms. The van der Waals surface area contributed by atoms with Crippen LogP contribution in [0.25, 0.3) is 0 Å². The van der Waals surface area contributed by atoms with Crippen LogP contribution in [0.5, 0.6) is 5.75 Å². The number of phenolic OH excluding ortho intramolecular Hbond substituents is 1.